The molecular formula is C16H15F2N3O. The first-order valence-corrected chi connectivity index (χ1v) is 7.01. The van der Waals surface area contributed by atoms with Crippen molar-refractivity contribution in [3.05, 3.63) is 59.8 Å². The predicted octanol–water partition coefficient (Wildman–Crippen LogP) is 2.21. The van der Waals surface area contributed by atoms with E-state index in [-0.39, 0.29) is 19.0 Å². The molecule has 1 amide bonds. The van der Waals surface area contributed by atoms with Crippen LogP contribution in [0.15, 0.2) is 42.6 Å². The molecule has 1 saturated heterocycles. The van der Waals surface area contributed by atoms with Crippen LogP contribution in [-0.2, 0) is 11.3 Å². The van der Waals surface area contributed by atoms with Crippen LogP contribution in [0.3, 0.4) is 0 Å². The highest BCUT2D eigenvalue weighted by Gasteiger charge is 2.25. The first kappa shape index (κ1) is 14.4. The number of amides is 1. The van der Waals surface area contributed by atoms with Crippen LogP contribution in [0.5, 0.6) is 0 Å². The van der Waals surface area contributed by atoms with E-state index in [1.54, 1.807) is 11.1 Å². The van der Waals surface area contributed by atoms with Crippen molar-refractivity contribution in [1.29, 1.82) is 0 Å². The molecule has 1 aliphatic rings. The molecule has 114 valence electrons. The number of nitrogens with zero attached hydrogens (tertiary/aromatic N) is 3. The highest BCUT2D eigenvalue weighted by Crippen LogP contribution is 2.17. The molecule has 1 aliphatic heterocycles. The number of rotatable bonds is 3. The minimum Gasteiger partial charge on any atom is -0.346 e. The van der Waals surface area contributed by atoms with Gasteiger partial charge >= 0.3 is 0 Å². The Morgan fingerprint density at radius 3 is 2.68 bits per heavy atom. The molecule has 0 spiro atoms. The average Bonchev–Trinajstić information content (AvgIpc) is 2.52. The van der Waals surface area contributed by atoms with E-state index in [2.05, 4.69) is 4.98 Å². The highest BCUT2D eigenvalue weighted by atomic mass is 19.1. The fourth-order valence-electron chi connectivity index (χ4n) is 2.47. The Bertz CT molecular complexity index is 678. The van der Waals surface area contributed by atoms with Gasteiger partial charge < -0.3 is 9.80 Å². The first-order chi connectivity index (χ1) is 10.6. The molecule has 0 aliphatic carbocycles. The van der Waals surface area contributed by atoms with Crippen molar-refractivity contribution in [3.63, 3.8) is 0 Å². The van der Waals surface area contributed by atoms with E-state index < -0.39 is 11.6 Å². The van der Waals surface area contributed by atoms with Gasteiger partial charge in [0.1, 0.15) is 17.5 Å². The molecular weight excluding hydrogens is 288 g/mol. The van der Waals surface area contributed by atoms with Crippen LogP contribution in [-0.4, -0.2) is 35.4 Å². The molecule has 22 heavy (non-hydrogen) atoms. The van der Waals surface area contributed by atoms with Crippen LogP contribution < -0.4 is 4.90 Å². The largest absolute Gasteiger partial charge is 0.346 e. The lowest BCUT2D eigenvalue weighted by Crippen LogP contribution is -2.50. The molecule has 1 fully saturated rings. The van der Waals surface area contributed by atoms with Crippen molar-refractivity contribution < 1.29 is 13.6 Å². The number of halogens is 2. The normalized spacial score (nSPS) is 15.3. The van der Waals surface area contributed by atoms with Crippen LogP contribution >= 0.6 is 0 Å². The summed E-state index contributed by atoms with van der Waals surface area (Å²) in [5.41, 5.74) is 0.320. The summed E-state index contributed by atoms with van der Waals surface area (Å²) in [6, 6.07) is 8.95. The summed E-state index contributed by atoms with van der Waals surface area (Å²) in [5, 5.41) is 0. The van der Waals surface area contributed by atoms with Gasteiger partial charge in [-0.15, -0.1) is 0 Å². The highest BCUT2D eigenvalue weighted by molar-refractivity contribution is 5.82. The second kappa shape index (κ2) is 6.09. The summed E-state index contributed by atoms with van der Waals surface area (Å²) in [7, 11) is 0. The zero-order chi connectivity index (χ0) is 15.5. The lowest BCUT2D eigenvalue weighted by molar-refractivity contribution is -0.131. The van der Waals surface area contributed by atoms with Crippen molar-refractivity contribution in [1.82, 2.24) is 9.88 Å². The van der Waals surface area contributed by atoms with Crippen LogP contribution in [0.2, 0.25) is 0 Å². The topological polar surface area (TPSA) is 36.4 Å². The number of carbonyl (C=O) groups is 1. The van der Waals surface area contributed by atoms with Crippen LogP contribution in [0.1, 0.15) is 5.56 Å². The third-order valence-electron chi connectivity index (χ3n) is 3.67. The number of carbonyl (C=O) groups excluding carboxylic acids is 1. The Hall–Kier alpha value is -2.50. The van der Waals surface area contributed by atoms with Gasteiger partial charge in [-0.1, -0.05) is 12.1 Å². The fourth-order valence-corrected chi connectivity index (χ4v) is 2.47. The van der Waals surface area contributed by atoms with E-state index in [4.69, 9.17) is 0 Å². The molecule has 0 saturated carbocycles. The van der Waals surface area contributed by atoms with E-state index in [9.17, 15) is 13.6 Å². The van der Waals surface area contributed by atoms with E-state index in [1.807, 2.05) is 23.1 Å². The number of hydrogen-bond donors (Lipinski definition) is 0. The minimum atomic E-state index is -0.625. The van der Waals surface area contributed by atoms with Crippen LogP contribution in [0.25, 0.3) is 0 Å². The molecule has 0 radical (unpaired) electrons. The summed E-state index contributed by atoms with van der Waals surface area (Å²) in [5.74, 6) is -0.586. The van der Waals surface area contributed by atoms with Gasteiger partial charge in [-0.2, -0.15) is 0 Å². The Morgan fingerprint density at radius 1 is 1.14 bits per heavy atom. The van der Waals surface area contributed by atoms with Gasteiger partial charge in [0.15, 0.2) is 0 Å². The standard InChI is InChI=1S/C16H15F2N3O/c17-13-5-4-12(14(18)9-13)10-21-8-7-20(11-16(21)22)15-3-1-2-6-19-15/h1-6,9H,7-8,10-11H2. The van der Waals surface area contributed by atoms with Crippen molar-refractivity contribution in [2.45, 2.75) is 6.54 Å². The predicted molar refractivity (Wildman–Crippen MR) is 78.2 cm³/mol. The molecule has 0 bridgehead atoms. The molecule has 0 atom stereocenters. The zero-order valence-electron chi connectivity index (χ0n) is 11.9. The van der Waals surface area contributed by atoms with Crippen molar-refractivity contribution in [2.24, 2.45) is 0 Å². The Morgan fingerprint density at radius 2 is 2.00 bits per heavy atom. The fraction of sp³-hybridized carbons (Fsp3) is 0.250. The summed E-state index contributed by atoms with van der Waals surface area (Å²) >= 11 is 0. The van der Waals surface area contributed by atoms with E-state index in [0.717, 1.165) is 11.9 Å². The van der Waals surface area contributed by atoms with Gasteiger partial charge in [-0.25, -0.2) is 13.8 Å². The van der Waals surface area contributed by atoms with Gasteiger partial charge in [0.05, 0.1) is 6.54 Å². The average molecular weight is 303 g/mol. The van der Waals surface area contributed by atoms with Crippen molar-refractivity contribution >= 4 is 11.7 Å². The molecule has 0 unspecified atom stereocenters. The number of hydrogen-bond acceptors (Lipinski definition) is 3. The van der Waals surface area contributed by atoms with Gasteiger partial charge in [0.2, 0.25) is 5.91 Å². The van der Waals surface area contributed by atoms with Gasteiger partial charge in [-0.3, -0.25) is 4.79 Å². The van der Waals surface area contributed by atoms with Crippen LogP contribution in [0.4, 0.5) is 14.6 Å². The van der Waals surface area contributed by atoms with Gasteiger partial charge in [0, 0.05) is 37.5 Å². The summed E-state index contributed by atoms with van der Waals surface area (Å²) in [6.07, 6.45) is 1.68. The Kier molecular flexibility index (Phi) is 4.00. The maximum atomic E-state index is 13.7. The lowest BCUT2D eigenvalue weighted by atomic mass is 10.1. The number of pyridine rings is 1. The number of piperazine rings is 1. The van der Waals surface area contributed by atoms with Gasteiger partial charge in [0.25, 0.3) is 0 Å². The van der Waals surface area contributed by atoms with E-state index >= 15 is 0 Å². The van der Waals surface area contributed by atoms with Crippen molar-refractivity contribution in [2.75, 3.05) is 24.5 Å². The molecule has 3 rings (SSSR count). The third kappa shape index (κ3) is 3.05. The Balaban J connectivity index is 1.67. The summed E-state index contributed by atoms with van der Waals surface area (Å²) < 4.78 is 26.6. The number of anilines is 1. The maximum Gasteiger partial charge on any atom is 0.242 e. The molecule has 4 nitrogen and oxygen atoms in total. The molecule has 2 heterocycles. The van der Waals surface area contributed by atoms with E-state index in [0.29, 0.717) is 18.7 Å². The quantitative estimate of drug-likeness (QED) is 0.872. The molecule has 1 aromatic heterocycles. The molecule has 1 aromatic carbocycles. The van der Waals surface area contributed by atoms with E-state index in [1.165, 1.54) is 12.1 Å². The Labute approximate surface area is 127 Å². The summed E-state index contributed by atoms with van der Waals surface area (Å²) in [6.45, 7) is 1.47. The molecule has 0 N–H and O–H groups in total. The third-order valence-corrected chi connectivity index (χ3v) is 3.67. The monoisotopic (exact) mass is 303 g/mol. The second-order valence-corrected chi connectivity index (χ2v) is 5.16. The van der Waals surface area contributed by atoms with Gasteiger partial charge in [-0.05, 0) is 18.2 Å². The second-order valence-electron chi connectivity index (χ2n) is 5.16. The molecule has 2 aromatic rings. The van der Waals surface area contributed by atoms with Crippen molar-refractivity contribution in [3.8, 4) is 0 Å². The smallest absolute Gasteiger partial charge is 0.242 e. The maximum absolute atomic E-state index is 13.7. The van der Waals surface area contributed by atoms with Crippen LogP contribution in [0, 0.1) is 11.6 Å². The zero-order valence-corrected chi connectivity index (χ0v) is 11.9. The number of benzene rings is 1. The minimum absolute atomic E-state index is 0.0966. The summed E-state index contributed by atoms with van der Waals surface area (Å²) in [4.78, 5) is 19.9. The SMILES string of the molecule is O=C1CN(c2ccccn2)CCN1Cc1ccc(F)cc1F. The number of aromatic nitrogens is 1. The molecule has 6 heteroatoms. The first-order valence-electron chi connectivity index (χ1n) is 7.01. The lowest BCUT2D eigenvalue weighted by Gasteiger charge is -2.35.